The van der Waals surface area contributed by atoms with Crippen molar-refractivity contribution in [3.8, 4) is 0 Å². The summed E-state index contributed by atoms with van der Waals surface area (Å²) in [5.74, 6) is 0. The van der Waals surface area contributed by atoms with Gasteiger partial charge >= 0.3 is 0 Å². The van der Waals surface area contributed by atoms with Crippen LogP contribution in [0.4, 0.5) is 0 Å². The predicted molar refractivity (Wildman–Crippen MR) is 43.8 cm³/mol. The number of hydrazone groups is 1. The van der Waals surface area contributed by atoms with Crippen molar-refractivity contribution in [2.45, 2.75) is 26.4 Å². The number of rotatable bonds is 3. The lowest BCUT2D eigenvalue weighted by molar-refractivity contribution is -0.637. The Hall–Kier alpha value is -1.33. The van der Waals surface area contributed by atoms with Gasteiger partial charge in [0, 0.05) is 6.54 Å². The number of hydrogen-bond acceptors (Lipinski definition) is 4. The molecular formula is C6H12N4O2. The summed E-state index contributed by atoms with van der Waals surface area (Å²) in [7, 11) is 0. The Morgan fingerprint density at radius 1 is 1.75 bits per heavy atom. The van der Waals surface area contributed by atoms with Crippen LogP contribution in [0, 0.1) is 10.1 Å². The summed E-state index contributed by atoms with van der Waals surface area (Å²) in [5, 5.41) is 16.5. The lowest BCUT2D eigenvalue weighted by Gasteiger charge is -2.19. The molecule has 0 fully saturated rings. The zero-order valence-electron chi connectivity index (χ0n) is 7.17. The number of nitrogens with zero attached hydrogens (tertiary/aromatic N) is 4. The molecule has 1 aliphatic heterocycles. The van der Waals surface area contributed by atoms with Crippen LogP contribution in [0.3, 0.4) is 0 Å². The molecule has 0 spiro atoms. The fourth-order valence-electron chi connectivity index (χ4n) is 1.10. The maximum Gasteiger partial charge on any atom is 0.180 e. The van der Waals surface area contributed by atoms with Gasteiger partial charge in [-0.1, -0.05) is 11.9 Å². The summed E-state index contributed by atoms with van der Waals surface area (Å²) in [6.07, 6.45) is 1.92. The molecule has 1 rings (SSSR count). The zero-order chi connectivity index (χ0) is 9.14. The highest BCUT2D eigenvalue weighted by atomic mass is 16.7. The first-order chi connectivity index (χ1) is 5.66. The zero-order valence-corrected chi connectivity index (χ0v) is 7.17. The number of nitro groups is 1. The first kappa shape index (κ1) is 8.76. The van der Waals surface area contributed by atoms with Crippen LogP contribution in [-0.2, 0) is 0 Å². The van der Waals surface area contributed by atoms with Gasteiger partial charge in [0.1, 0.15) is 0 Å². The molecule has 0 bridgehead atoms. The first-order valence-electron chi connectivity index (χ1n) is 3.90. The molecule has 1 unspecified atom stereocenters. The largest absolute Gasteiger partial charge is 0.267 e. The lowest BCUT2D eigenvalue weighted by atomic mass is 10.4. The van der Waals surface area contributed by atoms with E-state index in [1.807, 2.05) is 6.92 Å². The Morgan fingerprint density at radius 2 is 2.42 bits per heavy atom. The van der Waals surface area contributed by atoms with Crippen molar-refractivity contribution in [3.05, 3.63) is 10.1 Å². The smallest absolute Gasteiger partial charge is 0.180 e. The third-order valence-electron chi connectivity index (χ3n) is 1.77. The molecular weight excluding hydrogens is 160 g/mol. The maximum absolute atomic E-state index is 10.4. The van der Waals surface area contributed by atoms with E-state index in [1.54, 1.807) is 11.9 Å². The van der Waals surface area contributed by atoms with E-state index < -0.39 is 5.03 Å². The summed E-state index contributed by atoms with van der Waals surface area (Å²) >= 11 is 0. The van der Waals surface area contributed by atoms with Gasteiger partial charge in [-0.25, -0.2) is 10.1 Å². The minimum absolute atomic E-state index is 0.264. The molecule has 1 heterocycles. The molecule has 0 aromatic rings. The monoisotopic (exact) mass is 172 g/mol. The van der Waals surface area contributed by atoms with Crippen LogP contribution in [-0.4, -0.2) is 34.1 Å². The molecule has 1 atom stereocenters. The van der Waals surface area contributed by atoms with Crippen LogP contribution >= 0.6 is 0 Å². The van der Waals surface area contributed by atoms with Crippen LogP contribution in [0.15, 0.2) is 5.10 Å². The van der Waals surface area contributed by atoms with Gasteiger partial charge in [0.2, 0.25) is 0 Å². The van der Waals surface area contributed by atoms with E-state index in [-0.39, 0.29) is 6.17 Å². The van der Waals surface area contributed by atoms with Gasteiger partial charge in [-0.15, -0.1) is 0 Å². The topological polar surface area (TPSA) is 62.0 Å². The molecule has 6 heteroatoms. The van der Waals surface area contributed by atoms with E-state index in [1.165, 1.54) is 6.34 Å². The average molecular weight is 172 g/mol. The fraction of sp³-hybridized carbons (Fsp3) is 0.833. The third-order valence-corrected chi connectivity index (χ3v) is 1.77. The van der Waals surface area contributed by atoms with E-state index in [2.05, 4.69) is 5.10 Å². The highest BCUT2D eigenvalue weighted by Crippen LogP contribution is 2.11. The van der Waals surface area contributed by atoms with Crippen molar-refractivity contribution < 1.29 is 5.03 Å². The molecule has 0 aromatic heterocycles. The fourth-order valence-corrected chi connectivity index (χ4v) is 1.10. The van der Waals surface area contributed by atoms with E-state index in [9.17, 15) is 10.1 Å². The average Bonchev–Trinajstić information content (AvgIpc) is 2.34. The van der Waals surface area contributed by atoms with E-state index in [4.69, 9.17) is 0 Å². The normalized spacial score (nSPS) is 22.0. The summed E-state index contributed by atoms with van der Waals surface area (Å²) in [5.41, 5.74) is 0. The second-order valence-corrected chi connectivity index (χ2v) is 2.64. The van der Waals surface area contributed by atoms with Crippen molar-refractivity contribution in [3.63, 3.8) is 0 Å². The molecule has 0 saturated heterocycles. The van der Waals surface area contributed by atoms with Gasteiger partial charge in [-0.05, 0) is 13.3 Å². The molecule has 0 saturated carbocycles. The first-order valence-corrected chi connectivity index (χ1v) is 3.90. The number of hydrogen-bond donors (Lipinski definition) is 0. The van der Waals surface area contributed by atoms with Crippen LogP contribution < -0.4 is 0 Å². The Balaban J connectivity index is 2.55. The van der Waals surface area contributed by atoms with Gasteiger partial charge in [0.05, 0.1) is 0 Å². The number of hydrazine groups is 1. The highest BCUT2D eigenvalue weighted by Gasteiger charge is 2.30. The molecule has 1 aliphatic rings. The van der Waals surface area contributed by atoms with Gasteiger partial charge in [-0.2, -0.15) is 5.10 Å². The van der Waals surface area contributed by atoms with Crippen molar-refractivity contribution in [1.29, 1.82) is 0 Å². The SMILES string of the molecule is CCCN1N=CN([N+](=O)[O-])C1C. The molecule has 68 valence electrons. The van der Waals surface area contributed by atoms with Gasteiger partial charge in [0.15, 0.2) is 17.5 Å². The summed E-state index contributed by atoms with van der Waals surface area (Å²) in [6, 6.07) is 0. The third kappa shape index (κ3) is 1.46. The Morgan fingerprint density at radius 3 is 2.83 bits per heavy atom. The molecule has 0 aromatic carbocycles. The van der Waals surface area contributed by atoms with Crippen molar-refractivity contribution in [1.82, 2.24) is 10.0 Å². The maximum atomic E-state index is 10.4. The summed E-state index contributed by atoms with van der Waals surface area (Å²) in [6.45, 7) is 4.52. The van der Waals surface area contributed by atoms with Gasteiger partial charge in [-0.3, -0.25) is 5.01 Å². The highest BCUT2D eigenvalue weighted by molar-refractivity contribution is 5.54. The molecule has 0 amide bonds. The van der Waals surface area contributed by atoms with Crippen LogP contribution in [0.1, 0.15) is 20.3 Å². The van der Waals surface area contributed by atoms with E-state index in [0.717, 1.165) is 18.0 Å². The van der Waals surface area contributed by atoms with E-state index in [0.29, 0.717) is 0 Å². The summed E-state index contributed by atoms with van der Waals surface area (Å²) in [4.78, 5) is 10.4. The van der Waals surface area contributed by atoms with Gasteiger partial charge in [0.25, 0.3) is 0 Å². The standard InChI is InChI=1S/C6H12N4O2/c1-3-4-8-6(2)9(5-7-8)10(11)12/h5-6H,3-4H2,1-2H3. The van der Waals surface area contributed by atoms with Crippen LogP contribution in [0.25, 0.3) is 0 Å². The summed E-state index contributed by atoms with van der Waals surface area (Å²) < 4.78 is 0. The second kappa shape index (κ2) is 3.38. The Labute approximate surface area is 70.6 Å². The molecule has 0 N–H and O–H groups in total. The quantitative estimate of drug-likeness (QED) is 0.459. The van der Waals surface area contributed by atoms with Crippen molar-refractivity contribution in [2.24, 2.45) is 5.10 Å². The van der Waals surface area contributed by atoms with E-state index >= 15 is 0 Å². The second-order valence-electron chi connectivity index (χ2n) is 2.64. The van der Waals surface area contributed by atoms with Crippen molar-refractivity contribution in [2.75, 3.05) is 6.54 Å². The van der Waals surface area contributed by atoms with Crippen molar-refractivity contribution >= 4 is 6.34 Å². The minimum atomic E-state index is -0.455. The molecule has 0 aliphatic carbocycles. The Kier molecular flexibility index (Phi) is 2.47. The Bertz CT molecular complexity index is 206. The lowest BCUT2D eigenvalue weighted by Crippen LogP contribution is -2.40. The van der Waals surface area contributed by atoms with Gasteiger partial charge < -0.3 is 0 Å². The molecule has 6 nitrogen and oxygen atoms in total. The molecule has 0 radical (unpaired) electrons. The molecule has 12 heavy (non-hydrogen) atoms. The minimum Gasteiger partial charge on any atom is -0.267 e. The predicted octanol–water partition coefficient (Wildman–Crippen LogP) is 0.495. The van der Waals surface area contributed by atoms with Crippen LogP contribution in [0.2, 0.25) is 0 Å². The van der Waals surface area contributed by atoms with Crippen LogP contribution in [0.5, 0.6) is 0 Å².